The van der Waals surface area contributed by atoms with E-state index in [2.05, 4.69) is 0 Å². The highest BCUT2D eigenvalue weighted by atomic mass is 32.2. The van der Waals surface area contributed by atoms with Gasteiger partial charge in [-0.15, -0.1) is 0 Å². The Morgan fingerprint density at radius 3 is 2.67 bits per heavy atom. The first-order chi connectivity index (χ1) is 9.79. The Kier molecular flexibility index (Phi) is 4.76. The Bertz CT molecular complexity index is 605. The van der Waals surface area contributed by atoms with Crippen molar-refractivity contribution in [1.82, 2.24) is 4.90 Å². The maximum atomic E-state index is 12.3. The summed E-state index contributed by atoms with van der Waals surface area (Å²) >= 11 is 0. The van der Waals surface area contributed by atoms with Crippen LogP contribution in [0, 0.1) is 6.92 Å². The van der Waals surface area contributed by atoms with Crippen LogP contribution in [0.5, 0.6) is 0 Å². The summed E-state index contributed by atoms with van der Waals surface area (Å²) in [4.78, 5) is 13.9. The summed E-state index contributed by atoms with van der Waals surface area (Å²) in [5.74, 6) is 1.60. The fourth-order valence-electron chi connectivity index (χ4n) is 3.06. The van der Waals surface area contributed by atoms with E-state index in [-0.39, 0.29) is 11.9 Å². The minimum Gasteiger partial charge on any atom is -0.466 e. The zero-order valence-corrected chi connectivity index (χ0v) is 13.6. The summed E-state index contributed by atoms with van der Waals surface area (Å²) in [6, 6.07) is 3.56. The first kappa shape index (κ1) is 16.1. The summed E-state index contributed by atoms with van der Waals surface area (Å²) in [6.07, 6.45) is 4.43. The first-order valence-electron chi connectivity index (χ1n) is 7.29. The van der Waals surface area contributed by atoms with Gasteiger partial charge in [-0.3, -0.25) is 4.79 Å². The van der Waals surface area contributed by atoms with E-state index < -0.39 is 15.1 Å². The molecule has 1 heterocycles. The third-order valence-corrected chi connectivity index (χ3v) is 5.89. The van der Waals surface area contributed by atoms with Gasteiger partial charge in [0.25, 0.3) is 0 Å². The zero-order chi connectivity index (χ0) is 15.6. The minimum absolute atomic E-state index is 0.0235. The van der Waals surface area contributed by atoms with Gasteiger partial charge in [-0.05, 0) is 38.3 Å². The topological polar surface area (TPSA) is 67.6 Å². The van der Waals surface area contributed by atoms with E-state index in [1.54, 1.807) is 11.9 Å². The van der Waals surface area contributed by atoms with Crippen molar-refractivity contribution in [3.05, 3.63) is 23.7 Å². The maximum Gasteiger partial charge on any atom is 0.223 e. The molecule has 0 saturated heterocycles. The standard InChI is InChI=1S/C15H23NO4S/c1-11-7-8-12(20-11)9-10-15(17)16(2)13-5-4-6-14(13)21(3,18)19/h7-8,13-14H,4-6,9-10H2,1-3H3. The molecule has 5 nitrogen and oxygen atoms in total. The highest BCUT2D eigenvalue weighted by Crippen LogP contribution is 2.29. The van der Waals surface area contributed by atoms with Gasteiger partial charge in [-0.2, -0.15) is 0 Å². The minimum atomic E-state index is -3.11. The Morgan fingerprint density at radius 1 is 1.38 bits per heavy atom. The number of nitrogens with zero attached hydrogens (tertiary/aromatic N) is 1. The SMILES string of the molecule is Cc1ccc(CCC(=O)N(C)C2CCCC2S(C)(=O)=O)o1. The molecule has 1 aromatic rings. The summed E-state index contributed by atoms with van der Waals surface area (Å²) in [5, 5.41) is -0.419. The third-order valence-electron chi connectivity index (χ3n) is 4.24. The molecule has 118 valence electrons. The molecule has 1 amide bonds. The molecular formula is C15H23NO4S. The smallest absolute Gasteiger partial charge is 0.223 e. The van der Waals surface area contributed by atoms with E-state index in [0.29, 0.717) is 19.3 Å². The van der Waals surface area contributed by atoms with Crippen LogP contribution in [0.1, 0.15) is 37.2 Å². The fraction of sp³-hybridized carbons (Fsp3) is 0.667. The van der Waals surface area contributed by atoms with E-state index in [1.165, 1.54) is 6.26 Å². The van der Waals surface area contributed by atoms with E-state index in [9.17, 15) is 13.2 Å². The first-order valence-corrected chi connectivity index (χ1v) is 9.24. The number of furan rings is 1. The monoisotopic (exact) mass is 313 g/mol. The van der Waals surface area contributed by atoms with Gasteiger partial charge in [0.1, 0.15) is 11.5 Å². The predicted molar refractivity (Wildman–Crippen MR) is 80.8 cm³/mol. The molecule has 1 aromatic heterocycles. The molecule has 0 N–H and O–H groups in total. The van der Waals surface area contributed by atoms with Crippen molar-refractivity contribution < 1.29 is 17.6 Å². The summed E-state index contributed by atoms with van der Waals surface area (Å²) in [7, 11) is -1.39. The van der Waals surface area contributed by atoms with Crippen LogP contribution in [-0.4, -0.2) is 43.8 Å². The van der Waals surface area contributed by atoms with Crippen LogP contribution in [0.15, 0.2) is 16.5 Å². The second kappa shape index (κ2) is 6.22. The van der Waals surface area contributed by atoms with Gasteiger partial charge in [-0.1, -0.05) is 0 Å². The molecule has 6 heteroatoms. The molecule has 0 aliphatic heterocycles. The van der Waals surface area contributed by atoms with Gasteiger partial charge in [0, 0.05) is 32.2 Å². The van der Waals surface area contributed by atoms with Crippen LogP contribution in [0.4, 0.5) is 0 Å². The quantitative estimate of drug-likeness (QED) is 0.833. The lowest BCUT2D eigenvalue weighted by atomic mass is 10.1. The molecule has 1 saturated carbocycles. The molecular weight excluding hydrogens is 290 g/mol. The largest absolute Gasteiger partial charge is 0.466 e. The van der Waals surface area contributed by atoms with Gasteiger partial charge in [0.2, 0.25) is 5.91 Å². The lowest BCUT2D eigenvalue weighted by molar-refractivity contribution is -0.131. The van der Waals surface area contributed by atoms with Crippen molar-refractivity contribution in [2.75, 3.05) is 13.3 Å². The van der Waals surface area contributed by atoms with Gasteiger partial charge < -0.3 is 9.32 Å². The summed E-state index contributed by atoms with van der Waals surface area (Å²) in [5.41, 5.74) is 0. The number of carbonyl (C=O) groups is 1. The van der Waals surface area contributed by atoms with Gasteiger partial charge in [0.15, 0.2) is 9.84 Å². The van der Waals surface area contributed by atoms with Crippen LogP contribution in [0.2, 0.25) is 0 Å². The number of hydrogen-bond acceptors (Lipinski definition) is 4. The van der Waals surface area contributed by atoms with Gasteiger partial charge in [-0.25, -0.2) is 8.42 Å². The zero-order valence-electron chi connectivity index (χ0n) is 12.8. The molecule has 1 fully saturated rings. The normalized spacial score (nSPS) is 22.4. The van der Waals surface area contributed by atoms with Gasteiger partial charge >= 0.3 is 0 Å². The van der Waals surface area contributed by atoms with E-state index >= 15 is 0 Å². The second-order valence-corrected chi connectivity index (χ2v) is 8.15. The molecule has 2 atom stereocenters. The van der Waals surface area contributed by atoms with Crippen LogP contribution >= 0.6 is 0 Å². The van der Waals surface area contributed by atoms with Crippen molar-refractivity contribution in [2.24, 2.45) is 0 Å². The molecule has 2 rings (SSSR count). The molecule has 0 spiro atoms. The Morgan fingerprint density at radius 2 is 2.10 bits per heavy atom. The van der Waals surface area contributed by atoms with Crippen molar-refractivity contribution in [1.29, 1.82) is 0 Å². The molecule has 21 heavy (non-hydrogen) atoms. The van der Waals surface area contributed by atoms with Crippen LogP contribution in [0.3, 0.4) is 0 Å². The van der Waals surface area contributed by atoms with E-state index in [1.807, 2.05) is 19.1 Å². The molecule has 0 radical (unpaired) electrons. The molecule has 0 bridgehead atoms. The number of hydrogen-bond donors (Lipinski definition) is 0. The number of sulfone groups is 1. The Hall–Kier alpha value is -1.30. The number of rotatable bonds is 5. The van der Waals surface area contributed by atoms with E-state index in [0.717, 1.165) is 24.4 Å². The molecule has 0 aromatic carbocycles. The summed E-state index contributed by atoms with van der Waals surface area (Å²) in [6.45, 7) is 1.87. The average Bonchev–Trinajstić information content (AvgIpc) is 3.02. The van der Waals surface area contributed by atoms with Crippen LogP contribution in [-0.2, 0) is 21.1 Å². The highest BCUT2D eigenvalue weighted by molar-refractivity contribution is 7.91. The van der Waals surface area contributed by atoms with Crippen molar-refractivity contribution in [2.45, 2.75) is 50.3 Å². The summed E-state index contributed by atoms with van der Waals surface area (Å²) < 4.78 is 29.0. The fourth-order valence-corrected chi connectivity index (χ4v) is 4.54. The third kappa shape index (κ3) is 3.87. The lowest BCUT2D eigenvalue weighted by Gasteiger charge is -2.28. The van der Waals surface area contributed by atoms with Crippen LogP contribution < -0.4 is 0 Å². The Balaban J connectivity index is 1.95. The van der Waals surface area contributed by atoms with Crippen molar-refractivity contribution >= 4 is 15.7 Å². The maximum absolute atomic E-state index is 12.3. The number of amides is 1. The molecule has 2 unspecified atom stereocenters. The van der Waals surface area contributed by atoms with E-state index in [4.69, 9.17) is 4.42 Å². The van der Waals surface area contributed by atoms with Crippen molar-refractivity contribution in [3.63, 3.8) is 0 Å². The van der Waals surface area contributed by atoms with Crippen molar-refractivity contribution in [3.8, 4) is 0 Å². The highest BCUT2D eigenvalue weighted by Gasteiger charge is 2.38. The lowest BCUT2D eigenvalue weighted by Crippen LogP contribution is -2.44. The number of aryl methyl sites for hydroxylation is 2. The second-order valence-electron chi connectivity index (χ2n) is 5.88. The molecule has 1 aliphatic rings. The predicted octanol–water partition coefficient (Wildman–Crippen LogP) is 1.94. The van der Waals surface area contributed by atoms with Gasteiger partial charge in [0.05, 0.1) is 5.25 Å². The average molecular weight is 313 g/mol. The Labute approximate surface area is 126 Å². The van der Waals surface area contributed by atoms with Crippen LogP contribution in [0.25, 0.3) is 0 Å². The molecule has 1 aliphatic carbocycles. The number of carbonyl (C=O) groups excluding carboxylic acids is 1.